The maximum Gasteiger partial charge on any atom is 0.145 e. The summed E-state index contributed by atoms with van der Waals surface area (Å²) in [6.45, 7) is 0. The number of rotatable bonds is 5. The van der Waals surface area contributed by atoms with Crippen molar-refractivity contribution in [3.05, 3.63) is 155 Å². The standard InChI is InChI=1S/C33H24BrN3/c34-30-20-28(25-15-17-35-18-16-25)19-29(21-30)32-22-31(36-33(37-32)27-9-5-2-6-10-27)26-13-11-24(12-14-26)23-7-3-1-4-8-23/h1-22,33,36H. The summed E-state index contributed by atoms with van der Waals surface area (Å²) >= 11 is 3.72. The lowest BCUT2D eigenvalue weighted by Crippen LogP contribution is -2.24. The van der Waals surface area contributed by atoms with E-state index in [1.807, 2.05) is 36.7 Å². The number of aromatic nitrogens is 1. The third kappa shape index (κ3) is 5.16. The van der Waals surface area contributed by atoms with Crippen molar-refractivity contribution in [2.45, 2.75) is 6.17 Å². The Kier molecular flexibility index (Phi) is 6.49. The summed E-state index contributed by atoms with van der Waals surface area (Å²) in [7, 11) is 0. The fourth-order valence-electron chi connectivity index (χ4n) is 4.57. The van der Waals surface area contributed by atoms with Gasteiger partial charge in [-0.3, -0.25) is 9.98 Å². The van der Waals surface area contributed by atoms with Gasteiger partial charge in [0.05, 0.1) is 5.71 Å². The molecule has 0 amide bonds. The monoisotopic (exact) mass is 541 g/mol. The summed E-state index contributed by atoms with van der Waals surface area (Å²) in [4.78, 5) is 9.30. The van der Waals surface area contributed by atoms with Crippen LogP contribution in [0.2, 0.25) is 0 Å². The number of hydrogen-bond acceptors (Lipinski definition) is 3. The van der Waals surface area contributed by atoms with Crippen molar-refractivity contribution in [1.29, 1.82) is 0 Å². The van der Waals surface area contributed by atoms with Crippen LogP contribution >= 0.6 is 15.9 Å². The summed E-state index contributed by atoms with van der Waals surface area (Å²) < 4.78 is 1.01. The van der Waals surface area contributed by atoms with Gasteiger partial charge in [0.15, 0.2) is 0 Å². The van der Waals surface area contributed by atoms with Crippen molar-refractivity contribution in [2.24, 2.45) is 4.99 Å². The van der Waals surface area contributed by atoms with E-state index in [4.69, 9.17) is 4.99 Å². The second-order valence-corrected chi connectivity index (χ2v) is 9.85. The molecule has 4 aromatic carbocycles. The first-order valence-corrected chi connectivity index (χ1v) is 13.0. The molecule has 3 nitrogen and oxygen atoms in total. The minimum absolute atomic E-state index is 0.187. The SMILES string of the molecule is Brc1cc(C2=NC(c3ccccc3)NC(c3ccc(-c4ccccc4)cc3)=C2)cc(-c2ccncc2)c1. The predicted molar refractivity (Wildman–Crippen MR) is 156 cm³/mol. The topological polar surface area (TPSA) is 37.3 Å². The third-order valence-electron chi connectivity index (χ3n) is 6.47. The Hall–Kier alpha value is -4.28. The van der Waals surface area contributed by atoms with Crippen molar-refractivity contribution < 1.29 is 0 Å². The average molecular weight is 542 g/mol. The second kappa shape index (κ2) is 10.4. The molecule has 1 unspecified atom stereocenters. The summed E-state index contributed by atoms with van der Waals surface area (Å²) in [6.07, 6.45) is 5.60. The highest BCUT2D eigenvalue weighted by Crippen LogP contribution is 2.31. The van der Waals surface area contributed by atoms with Crippen molar-refractivity contribution in [2.75, 3.05) is 0 Å². The first kappa shape index (κ1) is 23.1. The summed E-state index contributed by atoms with van der Waals surface area (Å²) in [5, 5.41) is 3.66. The van der Waals surface area contributed by atoms with E-state index in [-0.39, 0.29) is 6.17 Å². The second-order valence-electron chi connectivity index (χ2n) is 8.94. The third-order valence-corrected chi connectivity index (χ3v) is 6.92. The highest BCUT2D eigenvalue weighted by molar-refractivity contribution is 9.10. The van der Waals surface area contributed by atoms with E-state index in [0.717, 1.165) is 43.7 Å². The minimum atomic E-state index is -0.187. The van der Waals surface area contributed by atoms with Crippen LogP contribution in [0.4, 0.5) is 0 Å². The molecule has 1 aromatic heterocycles. The Morgan fingerprint density at radius 2 is 1.16 bits per heavy atom. The maximum absolute atomic E-state index is 5.14. The van der Waals surface area contributed by atoms with Crippen molar-refractivity contribution in [3.8, 4) is 22.3 Å². The van der Waals surface area contributed by atoms with Crippen LogP contribution in [0, 0.1) is 0 Å². The summed E-state index contributed by atoms with van der Waals surface area (Å²) in [5.74, 6) is 0. The molecule has 37 heavy (non-hydrogen) atoms. The number of halogens is 1. The molecule has 0 fully saturated rings. The van der Waals surface area contributed by atoms with Gasteiger partial charge in [-0.1, -0.05) is 101 Å². The summed E-state index contributed by atoms with van der Waals surface area (Å²) in [6, 6.07) is 40.0. The lowest BCUT2D eigenvalue weighted by atomic mass is 9.97. The average Bonchev–Trinajstić information content (AvgIpc) is 2.98. The molecule has 1 aliphatic rings. The summed E-state index contributed by atoms with van der Waals surface area (Å²) in [5.41, 5.74) is 9.93. The Morgan fingerprint density at radius 3 is 1.89 bits per heavy atom. The molecule has 6 rings (SSSR count). The first-order chi connectivity index (χ1) is 18.2. The molecule has 1 aliphatic heterocycles. The molecule has 0 bridgehead atoms. The van der Waals surface area contributed by atoms with E-state index in [9.17, 15) is 0 Å². The quantitative estimate of drug-likeness (QED) is 0.243. The van der Waals surface area contributed by atoms with Crippen molar-refractivity contribution >= 4 is 27.3 Å². The van der Waals surface area contributed by atoms with E-state index in [1.54, 1.807) is 0 Å². The first-order valence-electron chi connectivity index (χ1n) is 12.2. The van der Waals surface area contributed by atoms with E-state index < -0.39 is 0 Å². The highest BCUT2D eigenvalue weighted by atomic mass is 79.9. The Labute approximate surface area is 225 Å². The van der Waals surface area contributed by atoms with Crippen LogP contribution in [0.3, 0.4) is 0 Å². The van der Waals surface area contributed by atoms with Crippen LogP contribution in [0.5, 0.6) is 0 Å². The highest BCUT2D eigenvalue weighted by Gasteiger charge is 2.20. The molecule has 0 saturated carbocycles. The molecule has 1 atom stereocenters. The molecule has 5 aromatic rings. The molecule has 178 valence electrons. The molecule has 0 spiro atoms. The van der Waals surface area contributed by atoms with Gasteiger partial charge in [0.1, 0.15) is 6.17 Å². The Morgan fingerprint density at radius 1 is 0.568 bits per heavy atom. The predicted octanol–water partition coefficient (Wildman–Crippen LogP) is 8.31. The van der Waals surface area contributed by atoms with Crippen molar-refractivity contribution in [1.82, 2.24) is 10.3 Å². The van der Waals surface area contributed by atoms with Gasteiger partial charge in [0.2, 0.25) is 0 Å². The Bertz CT molecular complexity index is 1580. The van der Waals surface area contributed by atoms with Crippen LogP contribution in [0.15, 0.2) is 143 Å². The number of pyridine rings is 1. The molecule has 1 N–H and O–H groups in total. The zero-order valence-electron chi connectivity index (χ0n) is 20.1. The molecule has 0 saturated heterocycles. The van der Waals surface area contributed by atoms with Gasteiger partial charge in [0.25, 0.3) is 0 Å². The van der Waals surface area contributed by atoms with Gasteiger partial charge in [-0.2, -0.15) is 0 Å². The van der Waals surface area contributed by atoms with Crippen LogP contribution < -0.4 is 5.32 Å². The van der Waals surface area contributed by atoms with E-state index in [0.29, 0.717) is 0 Å². The number of benzene rings is 4. The van der Waals surface area contributed by atoms with Crippen LogP contribution in [-0.4, -0.2) is 10.7 Å². The van der Waals surface area contributed by atoms with Gasteiger partial charge in [-0.15, -0.1) is 0 Å². The van der Waals surface area contributed by atoms with Gasteiger partial charge < -0.3 is 5.32 Å². The van der Waals surface area contributed by atoms with Gasteiger partial charge in [-0.25, -0.2) is 0 Å². The molecule has 0 aliphatic carbocycles. The normalized spacial score (nSPS) is 14.9. The lowest BCUT2D eigenvalue weighted by Gasteiger charge is -2.25. The lowest BCUT2D eigenvalue weighted by molar-refractivity contribution is 0.664. The van der Waals surface area contributed by atoms with Gasteiger partial charge >= 0.3 is 0 Å². The van der Waals surface area contributed by atoms with Crippen LogP contribution in [-0.2, 0) is 0 Å². The van der Waals surface area contributed by atoms with Crippen LogP contribution in [0.1, 0.15) is 22.9 Å². The number of allylic oxidation sites excluding steroid dienone is 1. The minimum Gasteiger partial charge on any atom is -0.360 e. The molecule has 0 radical (unpaired) electrons. The number of nitrogens with zero attached hydrogens (tertiary/aromatic N) is 2. The molecular weight excluding hydrogens is 518 g/mol. The number of hydrogen-bond donors (Lipinski definition) is 1. The largest absolute Gasteiger partial charge is 0.360 e. The molecule has 2 heterocycles. The van der Waals surface area contributed by atoms with Gasteiger partial charge in [-0.05, 0) is 69.8 Å². The van der Waals surface area contributed by atoms with Gasteiger partial charge in [0, 0.05) is 28.1 Å². The van der Waals surface area contributed by atoms with E-state index in [1.165, 1.54) is 11.1 Å². The van der Waals surface area contributed by atoms with Crippen molar-refractivity contribution in [3.63, 3.8) is 0 Å². The number of aliphatic imine (C=N–C) groups is 1. The smallest absolute Gasteiger partial charge is 0.145 e. The van der Waals surface area contributed by atoms with Crippen LogP contribution in [0.25, 0.3) is 28.0 Å². The molecular formula is C33H24BrN3. The fourth-order valence-corrected chi connectivity index (χ4v) is 5.07. The number of nitrogens with one attached hydrogen (secondary N) is 1. The molecule has 4 heteroatoms. The zero-order chi connectivity index (χ0) is 25.0. The Balaban J connectivity index is 1.42. The van der Waals surface area contributed by atoms with E-state index in [2.05, 4.69) is 123 Å². The maximum atomic E-state index is 5.14. The van der Waals surface area contributed by atoms with E-state index >= 15 is 0 Å². The fraction of sp³-hybridized carbons (Fsp3) is 0.0303. The zero-order valence-corrected chi connectivity index (χ0v) is 21.6.